The Labute approximate surface area is 103 Å². The minimum Gasteiger partial charge on any atom is -0.385 e. The number of nitrogens with one attached hydrogen (secondary N) is 2. The molecule has 0 bridgehead atoms. The van der Waals surface area contributed by atoms with E-state index >= 15 is 0 Å². The zero-order chi connectivity index (χ0) is 10.7. The Hall–Kier alpha value is -0.320. The molecule has 16 heavy (non-hydrogen) atoms. The van der Waals surface area contributed by atoms with Crippen molar-refractivity contribution in [2.24, 2.45) is 11.3 Å². The quantitative estimate of drug-likeness (QED) is 0.722. The number of methoxy groups -OCH3 is 1. The average Bonchev–Trinajstić information content (AvgIpc) is 2.90. The van der Waals surface area contributed by atoms with Crippen LogP contribution in [0.2, 0.25) is 0 Å². The number of halogens is 1. The van der Waals surface area contributed by atoms with Crippen molar-refractivity contribution >= 4 is 18.3 Å². The standard InChI is InChI=1S/C11H20N2O2.ClH/c1-15-5-4-11(2-3-11)8-13-10(14)9-6-12-7-9;/h9,12H,2-8H2,1H3,(H,13,14);1H. The lowest BCUT2D eigenvalue weighted by molar-refractivity contribution is -0.126. The van der Waals surface area contributed by atoms with E-state index in [0.717, 1.165) is 32.7 Å². The molecule has 0 aromatic carbocycles. The molecular formula is C11H21ClN2O2. The first kappa shape index (κ1) is 13.7. The van der Waals surface area contributed by atoms with Crippen LogP contribution in [0, 0.1) is 11.3 Å². The summed E-state index contributed by atoms with van der Waals surface area (Å²) in [5, 5.41) is 6.17. The molecule has 2 fully saturated rings. The Balaban J connectivity index is 0.00000128. The van der Waals surface area contributed by atoms with Crippen molar-refractivity contribution in [3.8, 4) is 0 Å². The van der Waals surface area contributed by atoms with Gasteiger partial charge in [-0.15, -0.1) is 12.4 Å². The molecule has 2 rings (SSSR count). The average molecular weight is 249 g/mol. The van der Waals surface area contributed by atoms with E-state index in [1.165, 1.54) is 12.8 Å². The van der Waals surface area contributed by atoms with E-state index in [1.807, 2.05) is 0 Å². The molecule has 0 unspecified atom stereocenters. The predicted molar refractivity (Wildman–Crippen MR) is 64.8 cm³/mol. The maximum Gasteiger partial charge on any atom is 0.225 e. The summed E-state index contributed by atoms with van der Waals surface area (Å²) >= 11 is 0. The van der Waals surface area contributed by atoms with Gasteiger partial charge in [-0.1, -0.05) is 0 Å². The fourth-order valence-electron chi connectivity index (χ4n) is 1.90. The lowest BCUT2D eigenvalue weighted by atomic mass is 10.00. The number of rotatable bonds is 6. The Morgan fingerprint density at radius 2 is 2.19 bits per heavy atom. The van der Waals surface area contributed by atoms with Crippen LogP contribution >= 0.6 is 12.4 Å². The van der Waals surface area contributed by atoms with Crippen LogP contribution in [0.1, 0.15) is 19.3 Å². The number of carbonyl (C=O) groups excluding carboxylic acids is 1. The second kappa shape index (κ2) is 5.84. The van der Waals surface area contributed by atoms with Crippen molar-refractivity contribution in [1.82, 2.24) is 10.6 Å². The maximum atomic E-state index is 11.6. The van der Waals surface area contributed by atoms with Gasteiger partial charge in [0.15, 0.2) is 0 Å². The van der Waals surface area contributed by atoms with Crippen molar-refractivity contribution in [3.63, 3.8) is 0 Å². The van der Waals surface area contributed by atoms with Gasteiger partial charge in [0.25, 0.3) is 0 Å². The Morgan fingerprint density at radius 1 is 1.50 bits per heavy atom. The first-order chi connectivity index (χ1) is 7.26. The molecule has 1 heterocycles. The van der Waals surface area contributed by atoms with Gasteiger partial charge in [-0.25, -0.2) is 0 Å². The largest absolute Gasteiger partial charge is 0.385 e. The molecule has 2 aliphatic rings. The van der Waals surface area contributed by atoms with Crippen molar-refractivity contribution in [3.05, 3.63) is 0 Å². The minimum absolute atomic E-state index is 0. The van der Waals surface area contributed by atoms with Gasteiger partial charge in [0.2, 0.25) is 5.91 Å². The van der Waals surface area contributed by atoms with Crippen LogP contribution in [0.5, 0.6) is 0 Å². The SMILES string of the molecule is COCCC1(CNC(=O)C2CNC2)CC1.Cl. The highest BCUT2D eigenvalue weighted by Gasteiger charge is 2.42. The van der Waals surface area contributed by atoms with E-state index in [-0.39, 0.29) is 24.2 Å². The van der Waals surface area contributed by atoms with Crippen molar-refractivity contribution in [2.75, 3.05) is 33.4 Å². The van der Waals surface area contributed by atoms with Crippen LogP contribution in [0.25, 0.3) is 0 Å². The summed E-state index contributed by atoms with van der Waals surface area (Å²) in [5.41, 5.74) is 0.364. The van der Waals surface area contributed by atoms with E-state index in [4.69, 9.17) is 4.74 Å². The molecule has 0 atom stereocenters. The second-order valence-corrected chi connectivity index (χ2v) is 4.82. The molecule has 0 radical (unpaired) electrons. The van der Waals surface area contributed by atoms with Gasteiger partial charge >= 0.3 is 0 Å². The molecule has 0 aromatic heterocycles. The molecule has 5 heteroatoms. The van der Waals surface area contributed by atoms with Crippen LogP contribution in [0.15, 0.2) is 0 Å². The maximum absolute atomic E-state index is 11.6. The molecule has 0 aromatic rings. The predicted octanol–water partition coefficient (Wildman–Crippen LogP) is 0.560. The second-order valence-electron chi connectivity index (χ2n) is 4.82. The number of amides is 1. The number of hydrogen-bond donors (Lipinski definition) is 2. The lowest BCUT2D eigenvalue weighted by Gasteiger charge is -2.27. The summed E-state index contributed by atoms with van der Waals surface area (Å²) in [6.45, 7) is 3.33. The van der Waals surface area contributed by atoms with Gasteiger partial charge in [-0.3, -0.25) is 4.79 Å². The molecule has 94 valence electrons. The highest BCUT2D eigenvalue weighted by molar-refractivity contribution is 5.85. The third-order valence-corrected chi connectivity index (χ3v) is 3.58. The van der Waals surface area contributed by atoms with Gasteiger partial charge in [-0.2, -0.15) is 0 Å². The van der Waals surface area contributed by atoms with Gasteiger partial charge in [-0.05, 0) is 24.7 Å². The highest BCUT2D eigenvalue weighted by Crippen LogP contribution is 2.48. The Morgan fingerprint density at radius 3 is 2.62 bits per heavy atom. The summed E-state index contributed by atoms with van der Waals surface area (Å²) in [5.74, 6) is 0.431. The first-order valence-corrected chi connectivity index (χ1v) is 5.73. The van der Waals surface area contributed by atoms with Gasteiger partial charge in [0.1, 0.15) is 0 Å². The van der Waals surface area contributed by atoms with E-state index in [2.05, 4.69) is 10.6 Å². The molecule has 2 N–H and O–H groups in total. The molecule has 1 aliphatic heterocycles. The number of ether oxygens (including phenoxy) is 1. The minimum atomic E-state index is 0. The summed E-state index contributed by atoms with van der Waals surface area (Å²) in [7, 11) is 1.73. The zero-order valence-corrected chi connectivity index (χ0v) is 10.6. The number of hydrogen-bond acceptors (Lipinski definition) is 3. The molecule has 4 nitrogen and oxygen atoms in total. The summed E-state index contributed by atoms with van der Waals surface area (Å²) in [4.78, 5) is 11.6. The van der Waals surface area contributed by atoms with Gasteiger partial charge in [0, 0.05) is 33.4 Å². The third-order valence-electron chi connectivity index (χ3n) is 3.58. The third kappa shape index (κ3) is 3.34. The van der Waals surface area contributed by atoms with Crippen molar-refractivity contribution in [1.29, 1.82) is 0 Å². The zero-order valence-electron chi connectivity index (χ0n) is 9.75. The molecule has 1 aliphatic carbocycles. The van der Waals surface area contributed by atoms with Crippen LogP contribution in [-0.2, 0) is 9.53 Å². The number of carbonyl (C=O) groups is 1. The van der Waals surface area contributed by atoms with Crippen molar-refractivity contribution in [2.45, 2.75) is 19.3 Å². The lowest BCUT2D eigenvalue weighted by Crippen LogP contribution is -2.51. The van der Waals surface area contributed by atoms with E-state index in [0.29, 0.717) is 5.41 Å². The van der Waals surface area contributed by atoms with Crippen LogP contribution in [0.3, 0.4) is 0 Å². The molecule has 1 saturated carbocycles. The van der Waals surface area contributed by atoms with Gasteiger partial charge in [0.05, 0.1) is 5.92 Å². The Bertz CT molecular complexity index is 240. The summed E-state index contributed by atoms with van der Waals surface area (Å²) < 4.78 is 5.08. The smallest absolute Gasteiger partial charge is 0.225 e. The normalized spacial score (nSPS) is 21.8. The fraction of sp³-hybridized carbons (Fsp3) is 0.909. The first-order valence-electron chi connectivity index (χ1n) is 5.73. The summed E-state index contributed by atoms with van der Waals surface area (Å²) in [6, 6.07) is 0. The van der Waals surface area contributed by atoms with E-state index in [9.17, 15) is 4.79 Å². The van der Waals surface area contributed by atoms with Gasteiger partial charge < -0.3 is 15.4 Å². The van der Waals surface area contributed by atoms with Crippen LogP contribution < -0.4 is 10.6 Å². The molecule has 1 amide bonds. The highest BCUT2D eigenvalue weighted by atomic mass is 35.5. The monoisotopic (exact) mass is 248 g/mol. The van der Waals surface area contributed by atoms with E-state index in [1.54, 1.807) is 7.11 Å². The Kier molecular flexibility index (Phi) is 5.02. The molecule has 1 saturated heterocycles. The molecule has 0 spiro atoms. The fourth-order valence-corrected chi connectivity index (χ4v) is 1.90. The van der Waals surface area contributed by atoms with Crippen molar-refractivity contribution < 1.29 is 9.53 Å². The van der Waals surface area contributed by atoms with Crippen LogP contribution in [0.4, 0.5) is 0 Å². The summed E-state index contributed by atoms with van der Waals surface area (Å²) in [6.07, 6.45) is 3.55. The van der Waals surface area contributed by atoms with E-state index < -0.39 is 0 Å². The van der Waals surface area contributed by atoms with Crippen LogP contribution in [-0.4, -0.2) is 39.3 Å². The molecular weight excluding hydrogens is 228 g/mol. The topological polar surface area (TPSA) is 50.4 Å².